The van der Waals surface area contributed by atoms with Gasteiger partial charge in [-0.25, -0.2) is 13.2 Å². The van der Waals surface area contributed by atoms with Crippen molar-refractivity contribution in [3.8, 4) is 5.75 Å². The number of para-hydroxylation sites is 1. The van der Waals surface area contributed by atoms with E-state index in [1.54, 1.807) is 0 Å². The Labute approximate surface area is 190 Å². The molecular weight excluding hydrogens is 426 g/mol. The van der Waals surface area contributed by atoms with Crippen LogP contribution in [0.1, 0.15) is 61.4 Å². The van der Waals surface area contributed by atoms with Crippen LogP contribution in [0.2, 0.25) is 0 Å². The lowest BCUT2D eigenvalue weighted by Crippen LogP contribution is -2.29. The van der Waals surface area contributed by atoms with Crippen molar-refractivity contribution in [3.05, 3.63) is 53.6 Å². The second-order valence-corrected chi connectivity index (χ2v) is 10.5. The number of fused-ring (bicyclic) bond motifs is 1. The second kappa shape index (κ2) is 9.53. The first-order valence-electron chi connectivity index (χ1n) is 11.4. The average molecular weight is 458 g/mol. The molecule has 0 N–H and O–H groups in total. The Balaban J connectivity index is 1.55. The molecule has 1 aliphatic carbocycles. The Morgan fingerprint density at radius 2 is 1.84 bits per heavy atom. The van der Waals surface area contributed by atoms with Gasteiger partial charge in [-0.3, -0.25) is 4.31 Å². The van der Waals surface area contributed by atoms with Crippen molar-refractivity contribution in [3.63, 3.8) is 0 Å². The van der Waals surface area contributed by atoms with Crippen LogP contribution in [0.25, 0.3) is 0 Å². The highest BCUT2D eigenvalue weighted by Gasteiger charge is 2.32. The molecule has 2 aromatic rings. The lowest BCUT2D eigenvalue weighted by Gasteiger charge is -2.28. The molecule has 2 aliphatic rings. The topological polar surface area (TPSA) is 72.9 Å². The van der Waals surface area contributed by atoms with Gasteiger partial charge in [-0.2, -0.15) is 0 Å². The first-order chi connectivity index (χ1) is 15.4. The fourth-order valence-corrected chi connectivity index (χ4v) is 6.38. The molecule has 0 amide bonds. The van der Waals surface area contributed by atoms with Crippen molar-refractivity contribution in [2.24, 2.45) is 5.92 Å². The summed E-state index contributed by atoms with van der Waals surface area (Å²) in [7, 11) is -2.34. The number of anilines is 1. The third kappa shape index (κ3) is 4.49. The number of carbonyl (C=O) groups is 1. The van der Waals surface area contributed by atoms with Crippen molar-refractivity contribution >= 4 is 21.7 Å². The Morgan fingerprint density at radius 1 is 1.09 bits per heavy atom. The minimum atomic E-state index is -3.81. The summed E-state index contributed by atoms with van der Waals surface area (Å²) in [5.41, 5.74) is 1.84. The summed E-state index contributed by atoms with van der Waals surface area (Å²) in [6.07, 6.45) is 6.75. The molecule has 2 aromatic carbocycles. The van der Waals surface area contributed by atoms with Crippen LogP contribution in [0.5, 0.6) is 5.75 Å². The molecule has 172 valence electrons. The summed E-state index contributed by atoms with van der Waals surface area (Å²) in [6.45, 7) is 2.58. The third-order valence-electron chi connectivity index (χ3n) is 6.59. The van der Waals surface area contributed by atoms with Crippen molar-refractivity contribution < 1.29 is 22.7 Å². The van der Waals surface area contributed by atoms with Crippen LogP contribution in [0.3, 0.4) is 0 Å². The lowest BCUT2D eigenvalue weighted by atomic mass is 9.85. The van der Waals surface area contributed by atoms with Gasteiger partial charge in [0.25, 0.3) is 10.0 Å². The molecule has 0 unspecified atom stereocenters. The third-order valence-corrected chi connectivity index (χ3v) is 8.40. The van der Waals surface area contributed by atoms with E-state index in [1.807, 2.05) is 24.3 Å². The highest BCUT2D eigenvalue weighted by Crippen LogP contribution is 2.35. The first kappa shape index (κ1) is 22.6. The number of carbonyl (C=O) groups excluding carboxylic acids is 1. The summed E-state index contributed by atoms with van der Waals surface area (Å²) in [4.78, 5) is 13.1. The molecule has 0 saturated heterocycles. The maximum Gasteiger partial charge on any atom is 0.342 e. The molecule has 0 aromatic heterocycles. The number of benzene rings is 2. The standard InChI is InChI=1S/C25H31NO5S/c1-3-6-18-9-11-20(12-10-18)31-25(27)22-17-21(13-14-24(22)30-2)32(28,29)26-16-15-19-7-4-5-8-23(19)26/h4-5,7-8,13-14,17-18,20H,3,6,9-12,15-16H2,1-2H3. The fraction of sp³-hybridized carbons (Fsp3) is 0.480. The fourth-order valence-electron chi connectivity index (χ4n) is 4.85. The number of hydrogen-bond acceptors (Lipinski definition) is 5. The van der Waals surface area contributed by atoms with Crippen LogP contribution >= 0.6 is 0 Å². The molecule has 1 heterocycles. The van der Waals surface area contributed by atoms with Gasteiger partial charge < -0.3 is 9.47 Å². The van der Waals surface area contributed by atoms with E-state index in [4.69, 9.17) is 9.47 Å². The van der Waals surface area contributed by atoms with Gasteiger partial charge in [0.05, 0.1) is 17.7 Å². The molecule has 4 rings (SSSR count). The Hall–Kier alpha value is -2.54. The minimum Gasteiger partial charge on any atom is -0.496 e. The molecule has 0 atom stereocenters. The highest BCUT2D eigenvalue weighted by molar-refractivity contribution is 7.92. The maximum absolute atomic E-state index is 13.4. The lowest BCUT2D eigenvalue weighted by molar-refractivity contribution is 0.0158. The number of methoxy groups -OCH3 is 1. The largest absolute Gasteiger partial charge is 0.496 e. The first-order valence-corrected chi connectivity index (χ1v) is 12.9. The van der Waals surface area contributed by atoms with E-state index in [0.29, 0.717) is 30.3 Å². The zero-order valence-corrected chi connectivity index (χ0v) is 19.6. The predicted octanol–water partition coefficient (Wildman–Crippen LogP) is 4.96. The predicted molar refractivity (Wildman–Crippen MR) is 124 cm³/mol. The van der Waals surface area contributed by atoms with E-state index in [0.717, 1.165) is 31.2 Å². The molecule has 7 heteroatoms. The van der Waals surface area contributed by atoms with Crippen LogP contribution in [0, 0.1) is 5.92 Å². The quantitative estimate of drug-likeness (QED) is 0.550. The summed E-state index contributed by atoms with van der Waals surface area (Å²) in [5.74, 6) is 0.497. The van der Waals surface area contributed by atoms with E-state index >= 15 is 0 Å². The molecule has 6 nitrogen and oxygen atoms in total. The van der Waals surface area contributed by atoms with E-state index in [2.05, 4.69) is 6.92 Å². The van der Waals surface area contributed by atoms with E-state index in [-0.39, 0.29) is 16.6 Å². The minimum absolute atomic E-state index is 0.0635. The smallest absolute Gasteiger partial charge is 0.342 e. The SMILES string of the molecule is CCCC1CCC(OC(=O)c2cc(S(=O)(=O)N3CCc4ccccc43)ccc2OC)CC1. The number of esters is 1. The normalized spacial score (nSPS) is 20.6. The van der Waals surface area contributed by atoms with Gasteiger partial charge in [-0.1, -0.05) is 38.0 Å². The van der Waals surface area contributed by atoms with Gasteiger partial charge in [0.1, 0.15) is 17.4 Å². The molecular formula is C25H31NO5S. The van der Waals surface area contributed by atoms with E-state index < -0.39 is 16.0 Å². The average Bonchev–Trinajstić information content (AvgIpc) is 3.25. The Kier molecular flexibility index (Phi) is 6.74. The number of sulfonamides is 1. The summed E-state index contributed by atoms with van der Waals surface area (Å²) in [5, 5.41) is 0. The van der Waals surface area contributed by atoms with Gasteiger partial charge in [-0.15, -0.1) is 0 Å². The molecule has 32 heavy (non-hydrogen) atoms. The molecule has 0 spiro atoms. The van der Waals surface area contributed by atoms with Gasteiger partial charge >= 0.3 is 5.97 Å². The Bertz CT molecular complexity index is 1070. The van der Waals surface area contributed by atoms with Gasteiger partial charge in [-0.05, 0) is 67.9 Å². The number of nitrogens with zero attached hydrogens (tertiary/aromatic N) is 1. The van der Waals surface area contributed by atoms with E-state index in [9.17, 15) is 13.2 Å². The number of rotatable bonds is 7. The van der Waals surface area contributed by atoms with Crippen LogP contribution < -0.4 is 9.04 Å². The molecule has 1 fully saturated rings. The monoisotopic (exact) mass is 457 g/mol. The van der Waals surface area contributed by atoms with Crippen LogP contribution in [-0.2, 0) is 21.2 Å². The molecule has 0 radical (unpaired) electrons. The van der Waals surface area contributed by atoms with Gasteiger partial charge in [0.2, 0.25) is 0 Å². The number of hydrogen-bond donors (Lipinski definition) is 0. The van der Waals surface area contributed by atoms with Gasteiger partial charge in [0.15, 0.2) is 0 Å². The van der Waals surface area contributed by atoms with Crippen molar-refractivity contribution in [2.75, 3.05) is 18.0 Å². The highest BCUT2D eigenvalue weighted by atomic mass is 32.2. The van der Waals surface area contributed by atoms with E-state index in [1.165, 1.54) is 42.5 Å². The van der Waals surface area contributed by atoms with Crippen LogP contribution in [0.15, 0.2) is 47.4 Å². The Morgan fingerprint density at radius 3 is 2.56 bits per heavy atom. The van der Waals surface area contributed by atoms with Gasteiger partial charge in [0, 0.05) is 6.54 Å². The van der Waals surface area contributed by atoms with Crippen LogP contribution in [-0.4, -0.2) is 34.1 Å². The maximum atomic E-state index is 13.4. The molecule has 1 aliphatic heterocycles. The molecule has 1 saturated carbocycles. The number of ether oxygens (including phenoxy) is 2. The summed E-state index contributed by atoms with van der Waals surface area (Å²) >= 11 is 0. The summed E-state index contributed by atoms with van der Waals surface area (Å²) in [6, 6.07) is 11.9. The zero-order chi connectivity index (χ0) is 22.7. The van der Waals surface area contributed by atoms with Crippen LogP contribution in [0.4, 0.5) is 5.69 Å². The second-order valence-electron chi connectivity index (χ2n) is 8.65. The van der Waals surface area contributed by atoms with Crippen molar-refractivity contribution in [1.82, 2.24) is 0 Å². The van der Waals surface area contributed by atoms with Crippen molar-refractivity contribution in [1.29, 1.82) is 0 Å². The summed E-state index contributed by atoms with van der Waals surface area (Å²) < 4.78 is 39.3. The zero-order valence-electron chi connectivity index (χ0n) is 18.7. The van der Waals surface area contributed by atoms with Crippen molar-refractivity contribution in [2.45, 2.75) is 62.9 Å². The molecule has 0 bridgehead atoms.